The molecule has 0 aliphatic heterocycles. The Hall–Kier alpha value is -0.740. The molecule has 1 aromatic carbocycles. The van der Waals surface area contributed by atoms with E-state index in [0.717, 1.165) is 35.2 Å². The highest BCUT2D eigenvalue weighted by molar-refractivity contribution is 9.10. The van der Waals surface area contributed by atoms with E-state index < -0.39 is 0 Å². The molecule has 1 aromatic rings. The first-order chi connectivity index (χ1) is 7.56. The lowest BCUT2D eigenvalue weighted by Gasteiger charge is -2.35. The van der Waals surface area contributed by atoms with Crippen molar-refractivity contribution in [3.63, 3.8) is 0 Å². The fourth-order valence-corrected chi connectivity index (χ4v) is 2.59. The molecule has 1 aliphatic carbocycles. The van der Waals surface area contributed by atoms with Gasteiger partial charge in [-0.05, 0) is 37.0 Å². The molecule has 2 rings (SSSR count). The summed E-state index contributed by atoms with van der Waals surface area (Å²) in [6, 6.07) is 5.94. The van der Waals surface area contributed by atoms with Gasteiger partial charge in [0.1, 0.15) is 0 Å². The first-order valence-electron chi connectivity index (χ1n) is 5.50. The molecule has 0 atom stereocenters. The summed E-state index contributed by atoms with van der Waals surface area (Å²) in [5.74, 6) is 0.600. The third-order valence-electron chi connectivity index (χ3n) is 3.14. The van der Waals surface area contributed by atoms with Gasteiger partial charge in [-0.25, -0.2) is 0 Å². The van der Waals surface area contributed by atoms with Crippen LogP contribution in [0, 0.1) is 5.92 Å². The molecule has 88 valence electrons. The minimum absolute atomic E-state index is 0.0827. The minimum atomic E-state index is -0.0827. The molecule has 0 spiro atoms. The standard InChI is InChI=1S/C12H17BrN2O/c1-15(7-8-4-10(16)5-8)12-3-2-9(13)6-11(12)14/h2-3,6,8,10,16H,4-5,7,14H2,1H3. The van der Waals surface area contributed by atoms with Gasteiger partial charge in [0.25, 0.3) is 0 Å². The van der Waals surface area contributed by atoms with E-state index in [4.69, 9.17) is 5.73 Å². The van der Waals surface area contributed by atoms with Crippen LogP contribution < -0.4 is 10.6 Å². The Morgan fingerprint density at radius 1 is 1.50 bits per heavy atom. The molecule has 0 saturated heterocycles. The second-order valence-electron chi connectivity index (χ2n) is 4.57. The van der Waals surface area contributed by atoms with Crippen molar-refractivity contribution in [2.75, 3.05) is 24.2 Å². The third-order valence-corrected chi connectivity index (χ3v) is 3.64. The number of aliphatic hydroxyl groups excluding tert-OH is 1. The second kappa shape index (κ2) is 4.63. The summed E-state index contributed by atoms with van der Waals surface area (Å²) in [5, 5.41) is 9.24. The van der Waals surface area contributed by atoms with Gasteiger partial charge in [-0.15, -0.1) is 0 Å². The van der Waals surface area contributed by atoms with Crippen molar-refractivity contribution in [1.29, 1.82) is 0 Å². The van der Waals surface area contributed by atoms with E-state index in [2.05, 4.69) is 20.8 Å². The van der Waals surface area contributed by atoms with Gasteiger partial charge in [0.2, 0.25) is 0 Å². The molecule has 0 aromatic heterocycles. The maximum absolute atomic E-state index is 9.24. The van der Waals surface area contributed by atoms with Crippen LogP contribution in [0.2, 0.25) is 0 Å². The smallest absolute Gasteiger partial charge is 0.0598 e. The Labute approximate surface area is 104 Å². The van der Waals surface area contributed by atoms with Crippen LogP contribution in [0.5, 0.6) is 0 Å². The molecule has 3 nitrogen and oxygen atoms in total. The first-order valence-corrected chi connectivity index (χ1v) is 6.30. The van der Waals surface area contributed by atoms with Crippen LogP contribution in [0.15, 0.2) is 22.7 Å². The molecule has 3 N–H and O–H groups in total. The number of benzene rings is 1. The third kappa shape index (κ3) is 2.50. The number of aliphatic hydroxyl groups is 1. The van der Waals surface area contributed by atoms with Crippen molar-refractivity contribution in [2.24, 2.45) is 5.92 Å². The summed E-state index contributed by atoms with van der Waals surface area (Å²) in [6.07, 6.45) is 1.75. The van der Waals surface area contributed by atoms with E-state index in [1.54, 1.807) is 0 Å². The van der Waals surface area contributed by atoms with Crippen LogP contribution in [0.3, 0.4) is 0 Å². The Morgan fingerprint density at radius 3 is 2.75 bits per heavy atom. The summed E-state index contributed by atoms with van der Waals surface area (Å²) in [5.41, 5.74) is 7.81. The van der Waals surface area contributed by atoms with Crippen LogP contribution in [0.4, 0.5) is 11.4 Å². The Balaban J connectivity index is 2.00. The number of nitrogen functional groups attached to an aromatic ring is 1. The van der Waals surface area contributed by atoms with Crippen LogP contribution in [-0.2, 0) is 0 Å². The predicted molar refractivity (Wildman–Crippen MR) is 70.6 cm³/mol. The molecule has 1 fully saturated rings. The quantitative estimate of drug-likeness (QED) is 0.837. The van der Waals surface area contributed by atoms with E-state index in [0.29, 0.717) is 5.92 Å². The summed E-state index contributed by atoms with van der Waals surface area (Å²) >= 11 is 3.40. The number of anilines is 2. The average Bonchev–Trinajstić information content (AvgIpc) is 2.15. The summed E-state index contributed by atoms with van der Waals surface area (Å²) < 4.78 is 1.00. The van der Waals surface area contributed by atoms with Crippen molar-refractivity contribution in [3.05, 3.63) is 22.7 Å². The minimum Gasteiger partial charge on any atom is -0.397 e. The van der Waals surface area contributed by atoms with Crippen molar-refractivity contribution in [2.45, 2.75) is 18.9 Å². The number of nitrogens with zero attached hydrogens (tertiary/aromatic N) is 1. The molecule has 0 amide bonds. The summed E-state index contributed by atoms with van der Waals surface area (Å²) in [6.45, 7) is 0.961. The lowest BCUT2D eigenvalue weighted by molar-refractivity contribution is 0.0465. The number of hydrogen-bond donors (Lipinski definition) is 2. The molecule has 0 bridgehead atoms. The normalized spacial score (nSPS) is 23.9. The second-order valence-corrected chi connectivity index (χ2v) is 5.49. The first kappa shape index (κ1) is 11.7. The van der Waals surface area contributed by atoms with E-state index in [1.807, 2.05) is 25.2 Å². The SMILES string of the molecule is CN(CC1CC(O)C1)c1ccc(Br)cc1N. The molecule has 0 heterocycles. The fourth-order valence-electron chi connectivity index (χ4n) is 2.21. The Morgan fingerprint density at radius 2 is 2.19 bits per heavy atom. The van der Waals surface area contributed by atoms with E-state index in [-0.39, 0.29) is 6.10 Å². The fraction of sp³-hybridized carbons (Fsp3) is 0.500. The highest BCUT2D eigenvalue weighted by Crippen LogP contribution is 2.31. The number of nitrogens with two attached hydrogens (primary N) is 1. The summed E-state index contributed by atoms with van der Waals surface area (Å²) in [4.78, 5) is 2.16. The lowest BCUT2D eigenvalue weighted by atomic mass is 9.82. The van der Waals surface area contributed by atoms with Crippen LogP contribution in [0.25, 0.3) is 0 Å². The average molecular weight is 285 g/mol. The predicted octanol–water partition coefficient (Wildman–Crippen LogP) is 2.24. The number of rotatable bonds is 3. The molecule has 16 heavy (non-hydrogen) atoms. The summed E-state index contributed by atoms with van der Waals surface area (Å²) in [7, 11) is 2.05. The van der Waals surface area contributed by atoms with Gasteiger partial charge >= 0.3 is 0 Å². The van der Waals surface area contributed by atoms with Gasteiger partial charge < -0.3 is 15.7 Å². The molecular weight excluding hydrogens is 268 g/mol. The monoisotopic (exact) mass is 284 g/mol. The molecule has 4 heteroatoms. The van der Waals surface area contributed by atoms with Crippen molar-refractivity contribution < 1.29 is 5.11 Å². The molecule has 1 aliphatic rings. The van der Waals surface area contributed by atoms with E-state index in [1.165, 1.54) is 0 Å². The van der Waals surface area contributed by atoms with Gasteiger partial charge in [0.15, 0.2) is 0 Å². The van der Waals surface area contributed by atoms with Crippen molar-refractivity contribution in [1.82, 2.24) is 0 Å². The largest absolute Gasteiger partial charge is 0.397 e. The van der Waals surface area contributed by atoms with E-state index >= 15 is 0 Å². The van der Waals surface area contributed by atoms with Crippen LogP contribution >= 0.6 is 15.9 Å². The van der Waals surface area contributed by atoms with Crippen LogP contribution in [0.1, 0.15) is 12.8 Å². The maximum atomic E-state index is 9.24. The zero-order chi connectivity index (χ0) is 11.7. The topological polar surface area (TPSA) is 49.5 Å². The van der Waals surface area contributed by atoms with E-state index in [9.17, 15) is 5.11 Å². The van der Waals surface area contributed by atoms with Gasteiger partial charge in [0, 0.05) is 18.1 Å². The maximum Gasteiger partial charge on any atom is 0.0598 e. The number of hydrogen-bond acceptors (Lipinski definition) is 3. The van der Waals surface area contributed by atoms with Gasteiger partial charge in [0.05, 0.1) is 17.5 Å². The molecule has 0 radical (unpaired) electrons. The zero-order valence-electron chi connectivity index (χ0n) is 9.36. The van der Waals surface area contributed by atoms with Gasteiger partial charge in [-0.1, -0.05) is 15.9 Å². The highest BCUT2D eigenvalue weighted by atomic mass is 79.9. The Kier molecular flexibility index (Phi) is 3.40. The zero-order valence-corrected chi connectivity index (χ0v) is 10.9. The van der Waals surface area contributed by atoms with Gasteiger partial charge in [-0.3, -0.25) is 0 Å². The lowest BCUT2D eigenvalue weighted by Crippen LogP contribution is -2.37. The van der Waals surface area contributed by atoms with Crippen molar-refractivity contribution >= 4 is 27.3 Å². The highest BCUT2D eigenvalue weighted by Gasteiger charge is 2.28. The Bertz CT molecular complexity index is 377. The molecular formula is C12H17BrN2O. The van der Waals surface area contributed by atoms with Gasteiger partial charge in [-0.2, -0.15) is 0 Å². The molecule has 0 unspecified atom stereocenters. The molecule has 1 saturated carbocycles. The van der Waals surface area contributed by atoms with Crippen molar-refractivity contribution in [3.8, 4) is 0 Å². The van der Waals surface area contributed by atoms with Crippen LogP contribution in [-0.4, -0.2) is 24.8 Å². The number of halogens is 1.